The highest BCUT2D eigenvalue weighted by Gasteiger charge is 2.50. The van der Waals surface area contributed by atoms with Crippen molar-refractivity contribution in [1.29, 1.82) is 0 Å². The molecule has 0 unspecified atom stereocenters. The Kier molecular flexibility index (Phi) is 5.36. The molecule has 4 amide bonds. The number of benzene rings is 1. The Hall–Kier alpha value is -3.30. The second-order valence-electron chi connectivity index (χ2n) is 6.76. The second-order valence-corrected chi connectivity index (χ2v) is 6.76. The molecule has 0 aliphatic carbocycles. The van der Waals surface area contributed by atoms with Gasteiger partial charge in [0.15, 0.2) is 0 Å². The minimum Gasteiger partial charge on any atom is -0.467 e. The van der Waals surface area contributed by atoms with Gasteiger partial charge in [-0.1, -0.05) is 30.3 Å². The van der Waals surface area contributed by atoms with Gasteiger partial charge in [0.25, 0.3) is 5.91 Å². The van der Waals surface area contributed by atoms with Crippen LogP contribution in [0.3, 0.4) is 0 Å². The lowest BCUT2D eigenvalue weighted by atomic mass is 9.92. The molecule has 1 aromatic heterocycles. The number of carbonyl (C=O) groups excluding carboxylic acids is 3. The Bertz CT molecular complexity index is 899. The van der Waals surface area contributed by atoms with Gasteiger partial charge in [-0.05, 0) is 24.6 Å². The monoisotopic (exact) mass is 409 g/mol. The fourth-order valence-corrected chi connectivity index (χ4v) is 3.08. The smallest absolute Gasteiger partial charge is 0.406 e. The van der Waals surface area contributed by atoms with Gasteiger partial charge in [0, 0.05) is 0 Å². The van der Waals surface area contributed by atoms with Crippen LogP contribution in [0.2, 0.25) is 0 Å². The first-order valence-electron chi connectivity index (χ1n) is 8.67. The van der Waals surface area contributed by atoms with E-state index in [9.17, 15) is 27.6 Å². The van der Waals surface area contributed by atoms with Gasteiger partial charge in [-0.15, -0.1) is 0 Å². The number of hydrogen-bond donors (Lipinski definition) is 1. The van der Waals surface area contributed by atoms with Gasteiger partial charge in [-0.25, -0.2) is 4.79 Å². The summed E-state index contributed by atoms with van der Waals surface area (Å²) in [5.41, 5.74) is -0.912. The Labute approximate surface area is 164 Å². The number of nitrogens with zero attached hydrogens (tertiary/aromatic N) is 2. The molecule has 154 valence electrons. The van der Waals surface area contributed by atoms with Gasteiger partial charge >= 0.3 is 12.2 Å². The minimum absolute atomic E-state index is 0.147. The molecule has 1 atom stereocenters. The lowest BCUT2D eigenvalue weighted by Crippen LogP contribution is -2.46. The van der Waals surface area contributed by atoms with Gasteiger partial charge in [0.1, 0.15) is 24.4 Å². The summed E-state index contributed by atoms with van der Waals surface area (Å²) in [7, 11) is 0. The molecule has 1 aliphatic rings. The minimum atomic E-state index is -4.65. The molecule has 7 nitrogen and oxygen atoms in total. The number of furan rings is 1. The van der Waals surface area contributed by atoms with E-state index >= 15 is 0 Å². The number of imide groups is 1. The lowest BCUT2D eigenvalue weighted by Gasteiger charge is -2.25. The Morgan fingerprint density at radius 3 is 2.45 bits per heavy atom. The Balaban J connectivity index is 1.78. The fraction of sp³-hybridized carbons (Fsp3) is 0.316. The Morgan fingerprint density at radius 1 is 1.17 bits per heavy atom. The zero-order chi connectivity index (χ0) is 21.2. The Morgan fingerprint density at radius 2 is 1.86 bits per heavy atom. The third-order valence-electron chi connectivity index (χ3n) is 4.57. The van der Waals surface area contributed by atoms with E-state index in [-0.39, 0.29) is 5.76 Å². The van der Waals surface area contributed by atoms with Crippen molar-refractivity contribution in [2.45, 2.75) is 25.2 Å². The zero-order valence-electron chi connectivity index (χ0n) is 15.4. The molecule has 0 radical (unpaired) electrons. The first-order valence-corrected chi connectivity index (χ1v) is 8.67. The molecule has 1 N–H and O–H groups in total. The maximum absolute atomic E-state index is 12.9. The molecule has 1 fully saturated rings. The molecule has 2 aromatic rings. The number of rotatable bonds is 6. The molecule has 0 spiro atoms. The molecular formula is C19H18F3N3O4. The predicted molar refractivity (Wildman–Crippen MR) is 94.2 cm³/mol. The third kappa shape index (κ3) is 4.41. The molecule has 1 aliphatic heterocycles. The molecule has 2 heterocycles. The van der Waals surface area contributed by atoms with Crippen LogP contribution in [0.15, 0.2) is 53.1 Å². The van der Waals surface area contributed by atoms with Gasteiger partial charge < -0.3 is 14.6 Å². The van der Waals surface area contributed by atoms with E-state index in [0.29, 0.717) is 15.4 Å². The van der Waals surface area contributed by atoms with Crippen LogP contribution in [-0.4, -0.2) is 46.9 Å². The van der Waals surface area contributed by atoms with Crippen LogP contribution in [-0.2, 0) is 21.7 Å². The number of hydrogen-bond acceptors (Lipinski definition) is 4. The van der Waals surface area contributed by atoms with E-state index in [0.717, 1.165) is 0 Å². The number of nitrogens with one attached hydrogen (secondary N) is 1. The quantitative estimate of drug-likeness (QED) is 0.744. The summed E-state index contributed by atoms with van der Waals surface area (Å²) in [6, 6.07) is 10.4. The van der Waals surface area contributed by atoms with Gasteiger partial charge in [-0.3, -0.25) is 14.5 Å². The highest BCUT2D eigenvalue weighted by molar-refractivity contribution is 6.09. The number of amides is 4. The highest BCUT2D eigenvalue weighted by Crippen LogP contribution is 2.29. The fourth-order valence-electron chi connectivity index (χ4n) is 3.08. The van der Waals surface area contributed by atoms with E-state index in [1.165, 1.54) is 25.3 Å². The first-order chi connectivity index (χ1) is 13.6. The molecule has 29 heavy (non-hydrogen) atoms. The summed E-state index contributed by atoms with van der Waals surface area (Å²) in [6.45, 7) is -1.32. The predicted octanol–water partition coefficient (Wildman–Crippen LogP) is 2.64. The van der Waals surface area contributed by atoms with E-state index in [1.54, 1.807) is 30.3 Å². The molecule has 3 rings (SSSR count). The normalized spacial score (nSPS) is 19.4. The van der Waals surface area contributed by atoms with Crippen molar-refractivity contribution in [3.8, 4) is 0 Å². The summed E-state index contributed by atoms with van der Waals surface area (Å²) in [5.74, 6) is -1.60. The second kappa shape index (κ2) is 7.61. The van der Waals surface area contributed by atoms with Crippen molar-refractivity contribution in [2.75, 3.05) is 13.1 Å². The molecule has 0 bridgehead atoms. The van der Waals surface area contributed by atoms with Crippen LogP contribution in [0.25, 0.3) is 0 Å². The highest BCUT2D eigenvalue weighted by atomic mass is 19.4. The van der Waals surface area contributed by atoms with Gasteiger partial charge in [0.05, 0.1) is 12.8 Å². The van der Waals surface area contributed by atoms with E-state index in [1.807, 2.05) is 0 Å². The van der Waals surface area contributed by atoms with Gasteiger partial charge in [0.2, 0.25) is 5.91 Å². The van der Waals surface area contributed by atoms with Crippen molar-refractivity contribution in [3.05, 3.63) is 60.1 Å². The maximum Gasteiger partial charge on any atom is 0.406 e. The summed E-state index contributed by atoms with van der Waals surface area (Å²) in [6.07, 6.45) is -3.38. The van der Waals surface area contributed by atoms with Crippen LogP contribution in [0.1, 0.15) is 18.2 Å². The van der Waals surface area contributed by atoms with Crippen molar-refractivity contribution in [3.63, 3.8) is 0 Å². The lowest BCUT2D eigenvalue weighted by molar-refractivity contribution is -0.163. The topological polar surface area (TPSA) is 82.9 Å². The van der Waals surface area contributed by atoms with Crippen LogP contribution in [0, 0.1) is 0 Å². The summed E-state index contributed by atoms with van der Waals surface area (Å²) in [5, 5.41) is 2.51. The SMILES string of the molecule is C[C@@]1(c2ccccc2)NC(=O)N(CC(=O)N(Cc2ccco2)CC(F)(F)F)C1=O. The average Bonchev–Trinajstić information content (AvgIpc) is 3.24. The summed E-state index contributed by atoms with van der Waals surface area (Å²) >= 11 is 0. The van der Waals surface area contributed by atoms with Crippen molar-refractivity contribution in [1.82, 2.24) is 15.1 Å². The summed E-state index contributed by atoms with van der Waals surface area (Å²) < 4.78 is 43.8. The van der Waals surface area contributed by atoms with E-state index in [2.05, 4.69) is 5.32 Å². The standard InChI is InChI=1S/C19H18F3N3O4/c1-18(13-6-3-2-4-7-13)16(27)25(17(28)23-18)11-15(26)24(12-19(20,21)22)10-14-8-5-9-29-14/h2-9H,10-12H2,1H3,(H,23,28)/t18-/m0/s1. The van der Waals surface area contributed by atoms with Crippen LogP contribution in [0.4, 0.5) is 18.0 Å². The van der Waals surface area contributed by atoms with E-state index in [4.69, 9.17) is 4.42 Å². The summed E-state index contributed by atoms with van der Waals surface area (Å²) in [4.78, 5) is 38.8. The van der Waals surface area contributed by atoms with Gasteiger partial charge in [-0.2, -0.15) is 13.2 Å². The molecular weight excluding hydrogens is 391 g/mol. The molecule has 10 heteroatoms. The average molecular weight is 409 g/mol. The van der Waals surface area contributed by atoms with E-state index < -0.39 is 49.2 Å². The molecule has 1 aromatic carbocycles. The maximum atomic E-state index is 12.9. The van der Waals surface area contributed by atoms with Crippen molar-refractivity contribution in [2.24, 2.45) is 0 Å². The van der Waals surface area contributed by atoms with Crippen LogP contribution < -0.4 is 5.32 Å². The zero-order valence-corrected chi connectivity index (χ0v) is 15.4. The number of alkyl halides is 3. The third-order valence-corrected chi connectivity index (χ3v) is 4.57. The van der Waals surface area contributed by atoms with Crippen LogP contribution in [0.5, 0.6) is 0 Å². The first kappa shape index (κ1) is 20.4. The van der Waals surface area contributed by atoms with Crippen LogP contribution >= 0.6 is 0 Å². The number of halogens is 3. The van der Waals surface area contributed by atoms with Crippen molar-refractivity contribution < 1.29 is 32.0 Å². The number of urea groups is 1. The number of carbonyl (C=O) groups is 3. The molecule has 0 saturated carbocycles. The van der Waals surface area contributed by atoms with Crippen molar-refractivity contribution >= 4 is 17.8 Å². The largest absolute Gasteiger partial charge is 0.467 e. The molecule has 1 saturated heterocycles.